The summed E-state index contributed by atoms with van der Waals surface area (Å²) in [6.45, 7) is 0. The van der Waals surface area contributed by atoms with E-state index >= 15 is 0 Å². The SMILES string of the molecule is O=C(CCC(=O)Nc1ccc(Cl)cc1Cl)NNC(=O)c1sc2ccccc2c1Cl. The van der Waals surface area contributed by atoms with Crippen LogP contribution in [0.3, 0.4) is 0 Å². The molecule has 0 radical (unpaired) electrons. The molecule has 29 heavy (non-hydrogen) atoms. The van der Waals surface area contributed by atoms with Crippen molar-refractivity contribution in [1.82, 2.24) is 10.9 Å². The van der Waals surface area contributed by atoms with Crippen LogP contribution >= 0.6 is 46.1 Å². The first-order valence-corrected chi connectivity index (χ1v) is 10.3. The van der Waals surface area contributed by atoms with E-state index in [2.05, 4.69) is 16.2 Å². The van der Waals surface area contributed by atoms with Gasteiger partial charge in [-0.05, 0) is 24.3 Å². The van der Waals surface area contributed by atoms with Gasteiger partial charge in [0.25, 0.3) is 5.91 Å². The fraction of sp³-hybridized carbons (Fsp3) is 0.105. The standard InChI is InChI=1S/C19H14Cl3N3O3S/c20-10-5-6-13(12(21)9-10)23-15(26)7-8-16(27)24-25-19(28)18-17(22)11-3-1-2-4-14(11)29-18/h1-6,9H,7-8H2,(H,23,26)(H,24,27)(H,25,28). The predicted molar refractivity (Wildman–Crippen MR) is 117 cm³/mol. The number of fused-ring (bicyclic) bond motifs is 1. The Labute approximate surface area is 185 Å². The predicted octanol–water partition coefficient (Wildman–Crippen LogP) is 5.04. The lowest BCUT2D eigenvalue weighted by Gasteiger charge is -2.08. The molecule has 150 valence electrons. The normalized spacial score (nSPS) is 10.6. The number of anilines is 1. The Morgan fingerprint density at radius 2 is 1.62 bits per heavy atom. The summed E-state index contributed by atoms with van der Waals surface area (Å²) in [6.07, 6.45) is -0.220. The van der Waals surface area contributed by atoms with Crippen LogP contribution < -0.4 is 16.2 Å². The number of nitrogens with one attached hydrogen (secondary N) is 3. The third-order valence-corrected chi connectivity index (χ3v) is 6.06. The van der Waals surface area contributed by atoms with Gasteiger partial charge in [0.1, 0.15) is 4.88 Å². The molecule has 0 atom stereocenters. The van der Waals surface area contributed by atoms with Crippen LogP contribution in [-0.2, 0) is 9.59 Å². The van der Waals surface area contributed by atoms with Gasteiger partial charge in [-0.15, -0.1) is 11.3 Å². The fourth-order valence-electron chi connectivity index (χ4n) is 2.44. The molecular formula is C19H14Cl3N3O3S. The Hall–Kier alpha value is -2.32. The van der Waals surface area contributed by atoms with Gasteiger partial charge in [-0.1, -0.05) is 53.0 Å². The van der Waals surface area contributed by atoms with E-state index in [1.807, 2.05) is 24.3 Å². The molecule has 10 heteroatoms. The Bertz CT molecular complexity index is 1100. The van der Waals surface area contributed by atoms with Crippen molar-refractivity contribution in [3.05, 3.63) is 62.4 Å². The van der Waals surface area contributed by atoms with E-state index in [1.165, 1.54) is 17.4 Å². The average Bonchev–Trinajstić information content (AvgIpc) is 3.04. The van der Waals surface area contributed by atoms with Crippen LogP contribution in [0.1, 0.15) is 22.5 Å². The molecule has 0 aliphatic carbocycles. The molecule has 0 spiro atoms. The van der Waals surface area contributed by atoms with Gasteiger partial charge in [0.05, 0.1) is 15.7 Å². The van der Waals surface area contributed by atoms with E-state index in [0.717, 1.165) is 10.1 Å². The lowest BCUT2D eigenvalue weighted by molar-refractivity contribution is -0.124. The monoisotopic (exact) mass is 469 g/mol. The molecule has 1 heterocycles. The number of hydrogen-bond donors (Lipinski definition) is 3. The number of carbonyl (C=O) groups is 3. The van der Waals surface area contributed by atoms with Crippen molar-refractivity contribution in [2.45, 2.75) is 12.8 Å². The van der Waals surface area contributed by atoms with Crippen LogP contribution in [0, 0.1) is 0 Å². The Balaban J connectivity index is 1.48. The molecule has 3 rings (SSSR count). The number of benzene rings is 2. The maximum absolute atomic E-state index is 12.3. The van der Waals surface area contributed by atoms with Gasteiger partial charge in [-0.2, -0.15) is 0 Å². The zero-order valence-electron chi connectivity index (χ0n) is 14.7. The number of carbonyl (C=O) groups excluding carboxylic acids is 3. The van der Waals surface area contributed by atoms with Crippen molar-refractivity contribution in [3.8, 4) is 0 Å². The lowest BCUT2D eigenvalue weighted by atomic mass is 10.2. The summed E-state index contributed by atoms with van der Waals surface area (Å²) in [6, 6.07) is 12.0. The van der Waals surface area contributed by atoms with Crippen LogP contribution in [0.2, 0.25) is 15.1 Å². The minimum absolute atomic E-state index is 0.0930. The van der Waals surface area contributed by atoms with E-state index in [9.17, 15) is 14.4 Å². The minimum Gasteiger partial charge on any atom is -0.325 e. The van der Waals surface area contributed by atoms with Gasteiger partial charge >= 0.3 is 0 Å². The molecule has 0 saturated carbocycles. The van der Waals surface area contributed by atoms with Crippen molar-refractivity contribution >= 4 is 79.6 Å². The van der Waals surface area contributed by atoms with Gasteiger partial charge in [-0.3, -0.25) is 25.2 Å². The van der Waals surface area contributed by atoms with Crippen molar-refractivity contribution < 1.29 is 14.4 Å². The molecule has 3 amide bonds. The smallest absolute Gasteiger partial charge is 0.281 e. The summed E-state index contributed by atoms with van der Waals surface area (Å²) >= 11 is 19.2. The van der Waals surface area contributed by atoms with Crippen LogP contribution in [0.25, 0.3) is 10.1 Å². The van der Waals surface area contributed by atoms with Gasteiger partial charge in [0.15, 0.2) is 0 Å². The summed E-state index contributed by atoms with van der Waals surface area (Å²) in [5.74, 6) is -1.45. The van der Waals surface area contributed by atoms with E-state index in [1.54, 1.807) is 12.1 Å². The molecule has 0 aliphatic heterocycles. The zero-order valence-corrected chi connectivity index (χ0v) is 17.8. The molecule has 3 aromatic rings. The summed E-state index contributed by atoms with van der Waals surface area (Å²) in [5.41, 5.74) is 4.98. The highest BCUT2D eigenvalue weighted by Gasteiger charge is 2.17. The highest BCUT2D eigenvalue weighted by Crippen LogP contribution is 2.34. The molecule has 0 unspecified atom stereocenters. The first-order valence-electron chi connectivity index (χ1n) is 8.36. The van der Waals surface area contributed by atoms with Crippen LogP contribution in [0.15, 0.2) is 42.5 Å². The van der Waals surface area contributed by atoms with Gasteiger partial charge in [0, 0.05) is 28.0 Å². The van der Waals surface area contributed by atoms with Crippen LogP contribution in [-0.4, -0.2) is 17.7 Å². The molecule has 6 nitrogen and oxygen atoms in total. The van der Waals surface area contributed by atoms with Crippen LogP contribution in [0.5, 0.6) is 0 Å². The highest BCUT2D eigenvalue weighted by molar-refractivity contribution is 7.21. The molecule has 0 bridgehead atoms. The Kier molecular flexibility index (Phi) is 6.97. The molecule has 0 fully saturated rings. The van der Waals surface area contributed by atoms with E-state index in [0.29, 0.717) is 25.6 Å². The molecule has 1 aromatic heterocycles. The van der Waals surface area contributed by atoms with Gasteiger partial charge in [0.2, 0.25) is 11.8 Å². The Morgan fingerprint density at radius 3 is 2.34 bits per heavy atom. The van der Waals surface area contributed by atoms with E-state index in [-0.39, 0.29) is 12.8 Å². The Morgan fingerprint density at radius 1 is 0.897 bits per heavy atom. The van der Waals surface area contributed by atoms with Crippen LogP contribution in [0.4, 0.5) is 5.69 Å². The third-order valence-electron chi connectivity index (χ3n) is 3.84. The van der Waals surface area contributed by atoms with E-state index in [4.69, 9.17) is 34.8 Å². The maximum atomic E-state index is 12.3. The minimum atomic E-state index is -0.526. The molecule has 0 aliphatic rings. The quantitative estimate of drug-likeness (QED) is 0.456. The third kappa shape index (κ3) is 5.39. The molecule has 0 saturated heterocycles. The number of rotatable bonds is 5. The largest absolute Gasteiger partial charge is 0.325 e. The number of amides is 3. The number of hydrogen-bond acceptors (Lipinski definition) is 4. The summed E-state index contributed by atoms with van der Waals surface area (Å²) in [7, 11) is 0. The first kappa shape index (κ1) is 21.4. The first-order chi connectivity index (χ1) is 13.8. The lowest BCUT2D eigenvalue weighted by Crippen LogP contribution is -2.41. The number of halogens is 3. The zero-order chi connectivity index (χ0) is 21.0. The van der Waals surface area contributed by atoms with Crippen molar-refractivity contribution in [2.24, 2.45) is 0 Å². The van der Waals surface area contributed by atoms with Gasteiger partial charge < -0.3 is 5.32 Å². The second kappa shape index (κ2) is 9.45. The van der Waals surface area contributed by atoms with E-state index < -0.39 is 17.7 Å². The summed E-state index contributed by atoms with van der Waals surface area (Å²) in [4.78, 5) is 36.5. The fourth-order valence-corrected chi connectivity index (χ4v) is 4.30. The molecule has 2 aromatic carbocycles. The second-order valence-corrected chi connectivity index (χ2v) is 8.19. The molecule has 3 N–H and O–H groups in total. The molecular weight excluding hydrogens is 457 g/mol. The maximum Gasteiger partial charge on any atom is 0.281 e. The van der Waals surface area contributed by atoms with Crippen molar-refractivity contribution in [3.63, 3.8) is 0 Å². The highest BCUT2D eigenvalue weighted by atomic mass is 35.5. The second-order valence-electron chi connectivity index (χ2n) is 5.92. The number of thiophene rings is 1. The topological polar surface area (TPSA) is 87.3 Å². The van der Waals surface area contributed by atoms with Crippen molar-refractivity contribution in [1.29, 1.82) is 0 Å². The number of hydrazine groups is 1. The average molecular weight is 471 g/mol. The summed E-state index contributed by atoms with van der Waals surface area (Å²) < 4.78 is 0.867. The van der Waals surface area contributed by atoms with Crippen molar-refractivity contribution in [2.75, 3.05) is 5.32 Å². The van der Waals surface area contributed by atoms with Gasteiger partial charge in [-0.25, -0.2) is 0 Å². The summed E-state index contributed by atoms with van der Waals surface area (Å²) in [5, 5.41) is 4.44.